The number of aromatic nitrogens is 2. The van der Waals surface area contributed by atoms with E-state index >= 15 is 0 Å². The molecular weight excluding hydrogens is 390 g/mol. The van der Waals surface area contributed by atoms with E-state index < -0.39 is 10.0 Å². The van der Waals surface area contributed by atoms with Crippen LogP contribution in [0.15, 0.2) is 54.7 Å². The van der Waals surface area contributed by atoms with Crippen molar-refractivity contribution in [2.45, 2.75) is 26.5 Å². The van der Waals surface area contributed by atoms with E-state index in [-0.39, 0.29) is 12.6 Å². The zero-order valence-electron chi connectivity index (χ0n) is 16.9. The molecule has 0 aliphatic heterocycles. The van der Waals surface area contributed by atoms with Gasteiger partial charge in [-0.3, -0.25) is 0 Å². The van der Waals surface area contributed by atoms with Crippen molar-refractivity contribution >= 4 is 10.0 Å². The maximum atomic E-state index is 11.3. The third kappa shape index (κ3) is 5.58. The minimum atomic E-state index is -3.23. The van der Waals surface area contributed by atoms with Crippen LogP contribution in [0.4, 0.5) is 0 Å². The summed E-state index contributed by atoms with van der Waals surface area (Å²) >= 11 is 0. The molecule has 154 valence electrons. The van der Waals surface area contributed by atoms with Crippen LogP contribution in [0.3, 0.4) is 0 Å². The van der Waals surface area contributed by atoms with Gasteiger partial charge in [-0.1, -0.05) is 24.3 Å². The Labute approximate surface area is 171 Å². The first-order valence-electron chi connectivity index (χ1n) is 9.20. The van der Waals surface area contributed by atoms with Gasteiger partial charge in [0.05, 0.1) is 30.7 Å². The monoisotopic (exact) mass is 415 g/mol. The zero-order valence-corrected chi connectivity index (χ0v) is 17.7. The van der Waals surface area contributed by atoms with E-state index in [0.29, 0.717) is 5.88 Å². The van der Waals surface area contributed by atoms with Crippen molar-refractivity contribution in [3.05, 3.63) is 60.3 Å². The van der Waals surface area contributed by atoms with Crippen LogP contribution >= 0.6 is 0 Å². The summed E-state index contributed by atoms with van der Waals surface area (Å²) in [5.74, 6) is 1.32. The Morgan fingerprint density at radius 1 is 1.07 bits per heavy atom. The summed E-state index contributed by atoms with van der Waals surface area (Å²) in [5.41, 5.74) is 3.55. The van der Waals surface area contributed by atoms with Gasteiger partial charge in [0.15, 0.2) is 0 Å². The van der Waals surface area contributed by atoms with E-state index in [1.165, 1.54) is 0 Å². The van der Waals surface area contributed by atoms with E-state index in [9.17, 15) is 8.42 Å². The van der Waals surface area contributed by atoms with Crippen LogP contribution in [-0.2, 0) is 16.6 Å². The normalized spacial score (nSPS) is 11.6. The number of benzene rings is 2. The fourth-order valence-electron chi connectivity index (χ4n) is 2.75. The van der Waals surface area contributed by atoms with Gasteiger partial charge >= 0.3 is 0 Å². The maximum Gasteiger partial charge on any atom is 0.241 e. The van der Waals surface area contributed by atoms with E-state index in [4.69, 9.17) is 9.47 Å². The van der Waals surface area contributed by atoms with Gasteiger partial charge in [0.2, 0.25) is 15.9 Å². The molecule has 0 atom stereocenters. The highest BCUT2D eigenvalue weighted by Gasteiger charge is 2.15. The van der Waals surface area contributed by atoms with Gasteiger partial charge in [0, 0.05) is 12.7 Å². The minimum Gasteiger partial charge on any atom is -0.497 e. The molecule has 0 saturated carbocycles. The van der Waals surface area contributed by atoms with E-state index in [2.05, 4.69) is 9.82 Å². The summed E-state index contributed by atoms with van der Waals surface area (Å²) < 4.78 is 37.9. The van der Waals surface area contributed by atoms with Gasteiger partial charge in [-0.2, -0.15) is 0 Å². The number of sulfonamides is 1. The smallest absolute Gasteiger partial charge is 0.241 e. The molecule has 29 heavy (non-hydrogen) atoms. The van der Waals surface area contributed by atoms with Crippen molar-refractivity contribution in [2.75, 3.05) is 13.4 Å². The molecule has 8 heteroatoms. The van der Waals surface area contributed by atoms with Crippen LogP contribution in [-0.4, -0.2) is 37.7 Å². The Kier molecular flexibility index (Phi) is 6.24. The SMILES string of the molecule is COc1ccc(-n2cc(-c3ccc(CNS(C)(=O)=O)cc3)c(OC(C)C)n2)cc1. The highest BCUT2D eigenvalue weighted by Crippen LogP contribution is 2.31. The van der Waals surface area contributed by atoms with Crippen LogP contribution in [0.5, 0.6) is 11.6 Å². The van der Waals surface area contributed by atoms with Crippen LogP contribution in [0, 0.1) is 0 Å². The summed E-state index contributed by atoms with van der Waals surface area (Å²) in [6.45, 7) is 4.16. The number of hydrogen-bond donors (Lipinski definition) is 1. The molecule has 1 aromatic heterocycles. The van der Waals surface area contributed by atoms with Crippen molar-refractivity contribution in [1.29, 1.82) is 0 Å². The third-order valence-corrected chi connectivity index (χ3v) is 4.84. The first kappa shape index (κ1) is 20.9. The highest BCUT2D eigenvalue weighted by molar-refractivity contribution is 7.88. The molecule has 2 aromatic carbocycles. The van der Waals surface area contributed by atoms with Gasteiger partial charge in [-0.05, 0) is 49.2 Å². The van der Waals surface area contributed by atoms with E-state index in [1.807, 2.05) is 68.6 Å². The molecule has 0 aliphatic rings. The number of ether oxygens (including phenoxy) is 2. The van der Waals surface area contributed by atoms with E-state index in [0.717, 1.165) is 34.4 Å². The molecule has 0 spiro atoms. The fraction of sp³-hybridized carbons (Fsp3) is 0.286. The molecule has 0 amide bonds. The second-order valence-electron chi connectivity index (χ2n) is 6.95. The molecule has 3 aromatic rings. The van der Waals surface area contributed by atoms with Gasteiger partial charge in [-0.15, -0.1) is 5.10 Å². The second kappa shape index (κ2) is 8.67. The molecule has 0 aliphatic carbocycles. The average molecular weight is 416 g/mol. The lowest BCUT2D eigenvalue weighted by molar-refractivity contribution is 0.232. The molecule has 0 radical (unpaired) electrons. The van der Waals surface area contributed by atoms with Crippen molar-refractivity contribution < 1.29 is 17.9 Å². The van der Waals surface area contributed by atoms with Crippen LogP contribution < -0.4 is 14.2 Å². The molecule has 1 N–H and O–H groups in total. The Morgan fingerprint density at radius 2 is 1.72 bits per heavy atom. The van der Waals surface area contributed by atoms with Crippen molar-refractivity contribution in [3.8, 4) is 28.4 Å². The lowest BCUT2D eigenvalue weighted by atomic mass is 10.1. The van der Waals surface area contributed by atoms with Gasteiger partial charge in [0.1, 0.15) is 5.75 Å². The number of rotatable bonds is 8. The minimum absolute atomic E-state index is 0.0220. The molecule has 0 saturated heterocycles. The summed E-state index contributed by atoms with van der Waals surface area (Å²) in [6.07, 6.45) is 3.04. The number of hydrogen-bond acceptors (Lipinski definition) is 5. The topological polar surface area (TPSA) is 82.5 Å². The summed E-state index contributed by atoms with van der Waals surface area (Å²) in [4.78, 5) is 0. The predicted octanol–water partition coefficient (Wildman–Crippen LogP) is 3.38. The standard InChI is InChI=1S/C21H25N3O4S/c1-15(2)28-21-20(14-24(23-21)18-9-11-19(27-3)12-10-18)17-7-5-16(6-8-17)13-22-29(4,25)26/h5-12,14-15,22H,13H2,1-4H3. The van der Waals surface area contributed by atoms with E-state index in [1.54, 1.807) is 11.8 Å². The van der Waals surface area contributed by atoms with Crippen LogP contribution in [0.2, 0.25) is 0 Å². The third-order valence-electron chi connectivity index (χ3n) is 4.17. The van der Waals surface area contributed by atoms with Crippen LogP contribution in [0.25, 0.3) is 16.8 Å². The molecular formula is C21H25N3O4S. The summed E-state index contributed by atoms with van der Waals surface area (Å²) in [5, 5.41) is 4.61. The Bertz CT molecular complexity index is 1060. The van der Waals surface area contributed by atoms with Gasteiger partial charge < -0.3 is 9.47 Å². The molecule has 1 heterocycles. The first-order chi connectivity index (χ1) is 13.7. The lowest BCUT2D eigenvalue weighted by Crippen LogP contribution is -2.21. The molecule has 0 fully saturated rings. The quantitative estimate of drug-likeness (QED) is 0.610. The average Bonchev–Trinajstić information content (AvgIpc) is 3.09. The van der Waals surface area contributed by atoms with Crippen molar-refractivity contribution in [1.82, 2.24) is 14.5 Å². The van der Waals surface area contributed by atoms with Crippen molar-refractivity contribution in [2.24, 2.45) is 0 Å². The maximum absolute atomic E-state index is 11.3. The van der Waals surface area contributed by atoms with Crippen molar-refractivity contribution in [3.63, 3.8) is 0 Å². The fourth-order valence-corrected chi connectivity index (χ4v) is 3.18. The summed E-state index contributed by atoms with van der Waals surface area (Å²) in [7, 11) is -1.60. The Morgan fingerprint density at radius 3 is 2.28 bits per heavy atom. The zero-order chi connectivity index (χ0) is 21.0. The van der Waals surface area contributed by atoms with Gasteiger partial charge in [0.25, 0.3) is 0 Å². The number of nitrogens with zero attached hydrogens (tertiary/aromatic N) is 2. The molecule has 3 rings (SSSR count). The van der Waals surface area contributed by atoms with Gasteiger partial charge in [-0.25, -0.2) is 17.8 Å². The summed E-state index contributed by atoms with van der Waals surface area (Å²) in [6, 6.07) is 15.2. The largest absolute Gasteiger partial charge is 0.497 e. The second-order valence-corrected chi connectivity index (χ2v) is 8.78. The molecule has 0 bridgehead atoms. The van der Waals surface area contributed by atoms with Crippen LogP contribution in [0.1, 0.15) is 19.4 Å². The molecule has 0 unspecified atom stereocenters. The highest BCUT2D eigenvalue weighted by atomic mass is 32.2. The lowest BCUT2D eigenvalue weighted by Gasteiger charge is -2.09. The predicted molar refractivity (Wildman–Crippen MR) is 113 cm³/mol. The Balaban J connectivity index is 1.91. The number of nitrogens with one attached hydrogen (secondary N) is 1. The number of methoxy groups -OCH3 is 1. The Hall–Kier alpha value is -2.84. The molecule has 7 nitrogen and oxygen atoms in total. The first-order valence-corrected chi connectivity index (χ1v) is 11.1.